The Bertz CT molecular complexity index is 297. The third-order valence-electron chi connectivity index (χ3n) is 4.32. The number of hydrogen-bond acceptors (Lipinski definition) is 3. The van der Waals surface area contributed by atoms with E-state index in [0.717, 1.165) is 45.3 Å². The van der Waals surface area contributed by atoms with Gasteiger partial charge in [-0.15, -0.1) is 0 Å². The Morgan fingerprint density at radius 2 is 1.68 bits per heavy atom. The van der Waals surface area contributed by atoms with Crippen molar-refractivity contribution in [3.8, 4) is 0 Å². The van der Waals surface area contributed by atoms with Crippen molar-refractivity contribution in [1.82, 2.24) is 9.80 Å². The molecular formula is C15H28N2O2. The van der Waals surface area contributed by atoms with E-state index in [2.05, 4.69) is 4.90 Å². The van der Waals surface area contributed by atoms with Crippen LogP contribution >= 0.6 is 0 Å². The van der Waals surface area contributed by atoms with E-state index in [4.69, 9.17) is 0 Å². The molecule has 2 rings (SSSR count). The first kappa shape index (κ1) is 14.8. The van der Waals surface area contributed by atoms with Crippen LogP contribution in [0.1, 0.15) is 51.9 Å². The zero-order valence-corrected chi connectivity index (χ0v) is 12.2. The van der Waals surface area contributed by atoms with Crippen LogP contribution in [0, 0.1) is 0 Å². The highest BCUT2D eigenvalue weighted by atomic mass is 16.3. The maximum absolute atomic E-state index is 12.3. The quantitative estimate of drug-likeness (QED) is 0.828. The minimum atomic E-state index is -0.616. The Morgan fingerprint density at radius 3 is 2.32 bits per heavy atom. The second-order valence-electron chi connectivity index (χ2n) is 6.46. The molecule has 2 heterocycles. The Hall–Kier alpha value is -0.610. The number of nitrogens with zero attached hydrogens (tertiary/aromatic N) is 2. The largest absolute Gasteiger partial charge is 0.389 e. The normalized spacial score (nSPS) is 30.7. The molecule has 4 heteroatoms. The summed E-state index contributed by atoms with van der Waals surface area (Å²) in [5.74, 6) is 0.250. The average molecular weight is 268 g/mol. The first-order valence-electron chi connectivity index (χ1n) is 7.79. The molecule has 0 aliphatic carbocycles. The average Bonchev–Trinajstić information content (AvgIpc) is 2.26. The van der Waals surface area contributed by atoms with Crippen LogP contribution < -0.4 is 0 Å². The molecule has 19 heavy (non-hydrogen) atoms. The highest BCUT2D eigenvalue weighted by Gasteiger charge is 2.30. The van der Waals surface area contributed by atoms with Crippen LogP contribution in [0.3, 0.4) is 0 Å². The molecule has 4 nitrogen and oxygen atoms in total. The van der Waals surface area contributed by atoms with Gasteiger partial charge in [0.05, 0.1) is 12.1 Å². The molecule has 0 spiro atoms. The number of rotatable bonds is 2. The first-order chi connectivity index (χ1) is 9.07. The van der Waals surface area contributed by atoms with E-state index in [-0.39, 0.29) is 5.91 Å². The second-order valence-corrected chi connectivity index (χ2v) is 6.46. The van der Waals surface area contributed by atoms with Crippen LogP contribution in [-0.2, 0) is 4.79 Å². The predicted molar refractivity (Wildman–Crippen MR) is 76.0 cm³/mol. The lowest BCUT2D eigenvalue weighted by Gasteiger charge is -2.37. The lowest BCUT2D eigenvalue weighted by molar-refractivity contribution is -0.134. The van der Waals surface area contributed by atoms with Gasteiger partial charge in [-0.3, -0.25) is 9.69 Å². The van der Waals surface area contributed by atoms with Gasteiger partial charge in [-0.25, -0.2) is 0 Å². The van der Waals surface area contributed by atoms with Crippen molar-refractivity contribution < 1.29 is 9.90 Å². The standard InChI is InChI=1S/C15H28N2O2/c1-15(19)8-7-9-16(13-15)12-14(18)17-10-5-3-2-4-6-11-17/h19H,2-13H2,1H3. The van der Waals surface area contributed by atoms with Crippen LogP contribution in [0.4, 0.5) is 0 Å². The van der Waals surface area contributed by atoms with Crippen molar-refractivity contribution in [2.45, 2.75) is 57.5 Å². The van der Waals surface area contributed by atoms with E-state index in [0.29, 0.717) is 13.1 Å². The van der Waals surface area contributed by atoms with Gasteiger partial charge in [-0.2, -0.15) is 0 Å². The van der Waals surface area contributed by atoms with E-state index >= 15 is 0 Å². The van der Waals surface area contributed by atoms with Crippen molar-refractivity contribution in [3.05, 3.63) is 0 Å². The summed E-state index contributed by atoms with van der Waals surface area (Å²) in [6, 6.07) is 0. The van der Waals surface area contributed by atoms with Crippen LogP contribution in [0.2, 0.25) is 0 Å². The van der Waals surface area contributed by atoms with Gasteiger partial charge in [-0.05, 0) is 39.2 Å². The molecule has 0 bridgehead atoms. The predicted octanol–water partition coefficient (Wildman–Crippen LogP) is 1.63. The summed E-state index contributed by atoms with van der Waals surface area (Å²) in [5.41, 5.74) is -0.616. The first-order valence-corrected chi connectivity index (χ1v) is 7.79. The van der Waals surface area contributed by atoms with E-state index in [1.165, 1.54) is 19.3 Å². The number of carbonyl (C=O) groups excluding carboxylic acids is 1. The summed E-state index contributed by atoms with van der Waals surface area (Å²) < 4.78 is 0. The molecule has 0 aromatic rings. The molecule has 2 fully saturated rings. The summed E-state index contributed by atoms with van der Waals surface area (Å²) in [4.78, 5) is 16.5. The summed E-state index contributed by atoms with van der Waals surface area (Å²) in [6.07, 6.45) is 7.94. The number of piperidine rings is 1. The van der Waals surface area contributed by atoms with Crippen molar-refractivity contribution in [2.24, 2.45) is 0 Å². The molecular weight excluding hydrogens is 240 g/mol. The lowest BCUT2D eigenvalue weighted by Crippen LogP contribution is -2.50. The van der Waals surface area contributed by atoms with Crippen LogP contribution in [0.25, 0.3) is 0 Å². The van der Waals surface area contributed by atoms with Crippen LogP contribution in [0.15, 0.2) is 0 Å². The van der Waals surface area contributed by atoms with Gasteiger partial charge in [0.2, 0.25) is 5.91 Å². The monoisotopic (exact) mass is 268 g/mol. The minimum absolute atomic E-state index is 0.250. The van der Waals surface area contributed by atoms with Gasteiger partial charge in [-0.1, -0.05) is 19.3 Å². The van der Waals surface area contributed by atoms with E-state index < -0.39 is 5.60 Å². The zero-order chi connectivity index (χ0) is 13.7. The summed E-state index contributed by atoms with van der Waals surface area (Å²) in [5, 5.41) is 10.1. The molecule has 2 saturated heterocycles. The van der Waals surface area contributed by atoms with Gasteiger partial charge in [0.15, 0.2) is 0 Å². The van der Waals surface area contributed by atoms with Crippen LogP contribution in [0.5, 0.6) is 0 Å². The maximum atomic E-state index is 12.3. The molecule has 1 atom stereocenters. The van der Waals surface area contributed by atoms with Crippen molar-refractivity contribution >= 4 is 5.91 Å². The Balaban J connectivity index is 1.81. The van der Waals surface area contributed by atoms with Gasteiger partial charge >= 0.3 is 0 Å². The van der Waals surface area contributed by atoms with Crippen molar-refractivity contribution in [3.63, 3.8) is 0 Å². The molecule has 0 aromatic carbocycles. The lowest BCUT2D eigenvalue weighted by atomic mass is 9.95. The third kappa shape index (κ3) is 4.77. The molecule has 1 N–H and O–H groups in total. The fourth-order valence-corrected chi connectivity index (χ4v) is 3.25. The van der Waals surface area contributed by atoms with Crippen molar-refractivity contribution in [2.75, 3.05) is 32.7 Å². The van der Waals surface area contributed by atoms with Crippen molar-refractivity contribution in [1.29, 1.82) is 0 Å². The smallest absolute Gasteiger partial charge is 0.236 e. The number of carbonyl (C=O) groups is 1. The molecule has 0 saturated carbocycles. The number of hydrogen-bond donors (Lipinski definition) is 1. The number of β-amino-alcohol motifs (C(OH)–C–C–N with tert-alkyl or cyclic N) is 1. The molecule has 1 unspecified atom stereocenters. The zero-order valence-electron chi connectivity index (χ0n) is 12.2. The van der Waals surface area contributed by atoms with Gasteiger partial charge in [0, 0.05) is 19.6 Å². The third-order valence-corrected chi connectivity index (χ3v) is 4.32. The second kappa shape index (κ2) is 6.71. The number of amides is 1. The van der Waals surface area contributed by atoms with Crippen LogP contribution in [-0.4, -0.2) is 59.1 Å². The van der Waals surface area contributed by atoms with E-state index in [1.54, 1.807) is 0 Å². The molecule has 2 aliphatic heterocycles. The molecule has 1 amide bonds. The van der Waals surface area contributed by atoms with Gasteiger partial charge in [0.1, 0.15) is 0 Å². The summed E-state index contributed by atoms with van der Waals surface area (Å²) in [6.45, 7) is 5.77. The van der Waals surface area contributed by atoms with Gasteiger partial charge < -0.3 is 10.0 Å². The number of likely N-dealkylation sites (tertiary alicyclic amines) is 2. The Labute approximate surface area is 116 Å². The van der Waals surface area contributed by atoms with Gasteiger partial charge in [0.25, 0.3) is 0 Å². The minimum Gasteiger partial charge on any atom is -0.389 e. The SMILES string of the molecule is CC1(O)CCCN(CC(=O)N2CCCCCCC2)C1. The summed E-state index contributed by atoms with van der Waals surface area (Å²) in [7, 11) is 0. The maximum Gasteiger partial charge on any atom is 0.236 e. The summed E-state index contributed by atoms with van der Waals surface area (Å²) >= 11 is 0. The topological polar surface area (TPSA) is 43.8 Å². The fraction of sp³-hybridized carbons (Fsp3) is 0.933. The molecule has 2 aliphatic rings. The fourth-order valence-electron chi connectivity index (χ4n) is 3.25. The van der Waals surface area contributed by atoms with E-state index in [9.17, 15) is 9.90 Å². The van der Waals surface area contributed by atoms with E-state index in [1.807, 2.05) is 11.8 Å². The Morgan fingerprint density at radius 1 is 1.05 bits per heavy atom. The molecule has 0 radical (unpaired) electrons. The number of aliphatic hydroxyl groups is 1. The highest BCUT2D eigenvalue weighted by molar-refractivity contribution is 5.78. The Kier molecular flexibility index (Phi) is 5.22. The molecule has 0 aromatic heterocycles. The highest BCUT2D eigenvalue weighted by Crippen LogP contribution is 2.20. The molecule has 110 valence electrons.